The standard InChI is InChI=1S/C17H21NO4S/c1-17(2,3)15(16(19)18-20)11-23(21,22)14-9-8-12-6-4-5-7-13(12)10-14/h4-10,15,20H,11H2,1-3H3,(H,18,19)/t15-/m0/s1. The molecule has 5 nitrogen and oxygen atoms in total. The number of benzene rings is 2. The molecule has 0 aliphatic rings. The largest absolute Gasteiger partial charge is 0.289 e. The number of rotatable bonds is 4. The zero-order chi connectivity index (χ0) is 17.3. The Kier molecular flexibility index (Phi) is 4.77. The van der Waals surface area contributed by atoms with Crippen molar-refractivity contribution in [1.29, 1.82) is 0 Å². The highest BCUT2D eigenvalue weighted by Crippen LogP contribution is 2.30. The van der Waals surface area contributed by atoms with E-state index in [1.54, 1.807) is 44.5 Å². The molecule has 6 heteroatoms. The van der Waals surface area contributed by atoms with Crippen molar-refractivity contribution >= 4 is 26.5 Å². The monoisotopic (exact) mass is 335 g/mol. The fraction of sp³-hybridized carbons (Fsp3) is 0.353. The topological polar surface area (TPSA) is 83.5 Å². The lowest BCUT2D eigenvalue weighted by molar-refractivity contribution is -0.135. The maximum absolute atomic E-state index is 12.7. The molecule has 0 aliphatic carbocycles. The number of hydrogen-bond acceptors (Lipinski definition) is 4. The average Bonchev–Trinajstić information content (AvgIpc) is 2.50. The molecule has 2 aromatic carbocycles. The van der Waals surface area contributed by atoms with Gasteiger partial charge in [-0.15, -0.1) is 0 Å². The average molecular weight is 335 g/mol. The first-order valence-electron chi connectivity index (χ1n) is 7.30. The van der Waals surface area contributed by atoms with Gasteiger partial charge in [-0.05, 0) is 28.3 Å². The van der Waals surface area contributed by atoms with Crippen LogP contribution in [0.2, 0.25) is 0 Å². The van der Waals surface area contributed by atoms with Crippen molar-refractivity contribution in [2.24, 2.45) is 11.3 Å². The van der Waals surface area contributed by atoms with E-state index in [1.165, 1.54) is 0 Å². The normalized spacial score (nSPS) is 13.7. The smallest absolute Gasteiger partial charge is 0.248 e. The van der Waals surface area contributed by atoms with Crippen molar-refractivity contribution in [2.45, 2.75) is 25.7 Å². The van der Waals surface area contributed by atoms with E-state index in [4.69, 9.17) is 5.21 Å². The summed E-state index contributed by atoms with van der Waals surface area (Å²) < 4.78 is 25.4. The lowest BCUT2D eigenvalue weighted by atomic mass is 9.81. The van der Waals surface area contributed by atoms with Gasteiger partial charge in [-0.2, -0.15) is 0 Å². The molecule has 2 aromatic rings. The summed E-state index contributed by atoms with van der Waals surface area (Å²) in [5.41, 5.74) is 0.971. The zero-order valence-electron chi connectivity index (χ0n) is 13.4. The van der Waals surface area contributed by atoms with Crippen LogP contribution in [0.4, 0.5) is 0 Å². The fourth-order valence-corrected chi connectivity index (χ4v) is 4.34. The SMILES string of the molecule is CC(C)(C)[C@@H](CS(=O)(=O)c1ccc2ccccc2c1)C(=O)NO. The summed E-state index contributed by atoms with van der Waals surface area (Å²) in [6.45, 7) is 5.30. The minimum absolute atomic E-state index is 0.177. The van der Waals surface area contributed by atoms with E-state index >= 15 is 0 Å². The van der Waals surface area contributed by atoms with E-state index in [0.29, 0.717) is 0 Å². The molecule has 124 valence electrons. The van der Waals surface area contributed by atoms with Crippen LogP contribution in [0.15, 0.2) is 47.4 Å². The molecule has 0 heterocycles. The lowest BCUT2D eigenvalue weighted by Crippen LogP contribution is -2.40. The zero-order valence-corrected chi connectivity index (χ0v) is 14.2. The molecular weight excluding hydrogens is 314 g/mol. The maximum atomic E-state index is 12.7. The quantitative estimate of drug-likeness (QED) is 0.665. The second-order valence-corrected chi connectivity index (χ2v) is 8.72. The first-order chi connectivity index (χ1) is 10.6. The summed E-state index contributed by atoms with van der Waals surface area (Å²) >= 11 is 0. The second kappa shape index (κ2) is 6.29. The van der Waals surface area contributed by atoms with Crippen LogP contribution in [-0.2, 0) is 14.6 Å². The number of sulfone groups is 1. The number of nitrogens with one attached hydrogen (secondary N) is 1. The summed E-state index contributed by atoms with van der Waals surface area (Å²) in [6, 6.07) is 12.4. The van der Waals surface area contributed by atoms with Crippen molar-refractivity contribution in [3.8, 4) is 0 Å². The number of amides is 1. The van der Waals surface area contributed by atoms with Gasteiger partial charge < -0.3 is 0 Å². The minimum Gasteiger partial charge on any atom is -0.289 e. The summed E-state index contributed by atoms with van der Waals surface area (Å²) in [5, 5.41) is 10.7. The van der Waals surface area contributed by atoms with Crippen LogP contribution in [0, 0.1) is 11.3 Å². The molecule has 0 saturated heterocycles. The third-order valence-electron chi connectivity index (χ3n) is 3.94. The molecule has 0 spiro atoms. The summed E-state index contributed by atoms with van der Waals surface area (Å²) in [4.78, 5) is 12.0. The molecule has 0 saturated carbocycles. The van der Waals surface area contributed by atoms with Gasteiger partial charge in [0.15, 0.2) is 9.84 Å². The van der Waals surface area contributed by atoms with Gasteiger partial charge in [-0.1, -0.05) is 51.1 Å². The number of carbonyl (C=O) groups excluding carboxylic acids is 1. The summed E-state index contributed by atoms with van der Waals surface area (Å²) in [5.74, 6) is -1.91. The molecule has 0 aromatic heterocycles. The Bertz CT molecular complexity index is 822. The van der Waals surface area contributed by atoms with Gasteiger partial charge in [0.2, 0.25) is 5.91 Å². The summed E-state index contributed by atoms with van der Waals surface area (Å²) in [7, 11) is -3.66. The molecule has 23 heavy (non-hydrogen) atoms. The highest BCUT2D eigenvalue weighted by Gasteiger charge is 2.36. The van der Waals surface area contributed by atoms with Crippen molar-refractivity contribution in [3.63, 3.8) is 0 Å². The molecule has 0 fully saturated rings. The highest BCUT2D eigenvalue weighted by atomic mass is 32.2. The highest BCUT2D eigenvalue weighted by molar-refractivity contribution is 7.91. The van der Waals surface area contributed by atoms with Crippen molar-refractivity contribution in [3.05, 3.63) is 42.5 Å². The van der Waals surface area contributed by atoms with Gasteiger partial charge >= 0.3 is 0 Å². The van der Waals surface area contributed by atoms with Gasteiger partial charge in [-0.3, -0.25) is 10.0 Å². The van der Waals surface area contributed by atoms with E-state index in [-0.39, 0.29) is 10.6 Å². The number of hydroxylamine groups is 1. The Morgan fingerprint density at radius 3 is 2.30 bits per heavy atom. The Labute approximate surface area is 136 Å². The van der Waals surface area contributed by atoms with Crippen LogP contribution in [0.3, 0.4) is 0 Å². The van der Waals surface area contributed by atoms with Crippen molar-refractivity contribution in [2.75, 3.05) is 5.75 Å². The predicted octanol–water partition coefficient (Wildman–Crippen LogP) is 2.78. The van der Waals surface area contributed by atoms with Gasteiger partial charge in [0.25, 0.3) is 0 Å². The Hall–Kier alpha value is -1.92. The summed E-state index contributed by atoms with van der Waals surface area (Å²) in [6.07, 6.45) is 0. The van der Waals surface area contributed by atoms with Crippen LogP contribution in [0.25, 0.3) is 10.8 Å². The molecular formula is C17H21NO4S. The minimum atomic E-state index is -3.66. The third-order valence-corrected chi connectivity index (χ3v) is 5.68. The van der Waals surface area contributed by atoms with E-state index in [9.17, 15) is 13.2 Å². The van der Waals surface area contributed by atoms with Crippen LogP contribution in [-0.4, -0.2) is 25.3 Å². The maximum Gasteiger partial charge on any atom is 0.248 e. The first-order valence-corrected chi connectivity index (χ1v) is 8.96. The van der Waals surface area contributed by atoms with Gasteiger partial charge in [-0.25, -0.2) is 13.9 Å². The van der Waals surface area contributed by atoms with Gasteiger partial charge in [0.05, 0.1) is 16.6 Å². The lowest BCUT2D eigenvalue weighted by Gasteiger charge is -2.28. The number of fused-ring (bicyclic) bond motifs is 1. The van der Waals surface area contributed by atoms with E-state index in [2.05, 4.69) is 0 Å². The van der Waals surface area contributed by atoms with E-state index in [0.717, 1.165) is 10.8 Å². The molecule has 0 bridgehead atoms. The molecule has 1 amide bonds. The molecule has 0 radical (unpaired) electrons. The van der Waals surface area contributed by atoms with Crippen LogP contribution < -0.4 is 5.48 Å². The van der Waals surface area contributed by atoms with Gasteiger partial charge in [0.1, 0.15) is 0 Å². The van der Waals surface area contributed by atoms with E-state index < -0.39 is 27.1 Å². The number of hydrogen-bond donors (Lipinski definition) is 2. The molecule has 2 N–H and O–H groups in total. The Morgan fingerprint density at radius 1 is 1.13 bits per heavy atom. The van der Waals surface area contributed by atoms with Crippen molar-refractivity contribution in [1.82, 2.24) is 5.48 Å². The molecule has 1 atom stereocenters. The van der Waals surface area contributed by atoms with Crippen LogP contribution >= 0.6 is 0 Å². The third kappa shape index (κ3) is 3.89. The predicted molar refractivity (Wildman–Crippen MR) is 88.9 cm³/mol. The molecule has 0 unspecified atom stereocenters. The Morgan fingerprint density at radius 2 is 1.74 bits per heavy atom. The fourth-order valence-electron chi connectivity index (χ4n) is 2.47. The van der Waals surface area contributed by atoms with E-state index in [1.807, 2.05) is 24.3 Å². The first kappa shape index (κ1) is 17.4. The van der Waals surface area contributed by atoms with Crippen molar-refractivity contribution < 1.29 is 18.4 Å². The van der Waals surface area contributed by atoms with Crippen LogP contribution in [0.5, 0.6) is 0 Å². The number of carbonyl (C=O) groups is 1. The Balaban J connectivity index is 2.41. The van der Waals surface area contributed by atoms with Crippen LogP contribution in [0.1, 0.15) is 20.8 Å². The molecule has 0 aliphatic heterocycles. The van der Waals surface area contributed by atoms with Gasteiger partial charge in [0, 0.05) is 0 Å². The molecule has 2 rings (SSSR count). The second-order valence-electron chi connectivity index (χ2n) is 6.69.